The Balaban J connectivity index is 1.96. The van der Waals surface area contributed by atoms with Gasteiger partial charge in [-0.15, -0.1) is 0 Å². The van der Waals surface area contributed by atoms with Crippen LogP contribution >= 0.6 is 0 Å². The lowest BCUT2D eigenvalue weighted by Crippen LogP contribution is -2.29. The molecule has 1 heterocycles. The molecule has 3 nitrogen and oxygen atoms in total. The van der Waals surface area contributed by atoms with Crippen LogP contribution in [-0.2, 0) is 13.0 Å². The summed E-state index contributed by atoms with van der Waals surface area (Å²) in [6, 6.07) is 10.4. The fourth-order valence-electron chi connectivity index (χ4n) is 2.35. The normalized spacial score (nSPS) is 17.9. The van der Waals surface area contributed by atoms with Crippen molar-refractivity contribution in [3.63, 3.8) is 0 Å². The van der Waals surface area contributed by atoms with Crippen molar-refractivity contribution in [1.29, 1.82) is 5.26 Å². The molecule has 0 aromatic heterocycles. The lowest BCUT2D eigenvalue weighted by Gasteiger charge is -2.20. The SMILES string of the molecule is N#CC(N)CCN1CCCc2ccccc2C1. The van der Waals surface area contributed by atoms with Gasteiger partial charge < -0.3 is 5.73 Å². The lowest BCUT2D eigenvalue weighted by atomic mass is 10.0. The molecule has 0 aliphatic carbocycles. The van der Waals surface area contributed by atoms with E-state index in [9.17, 15) is 0 Å². The first-order valence-corrected chi connectivity index (χ1v) is 6.24. The average Bonchev–Trinajstić information content (AvgIpc) is 2.57. The molecule has 1 aliphatic rings. The molecule has 0 fully saturated rings. The van der Waals surface area contributed by atoms with Crippen LogP contribution in [-0.4, -0.2) is 24.0 Å². The van der Waals surface area contributed by atoms with Crippen LogP contribution < -0.4 is 5.73 Å². The number of fused-ring (bicyclic) bond motifs is 1. The summed E-state index contributed by atoms with van der Waals surface area (Å²) in [6.45, 7) is 3.02. The number of rotatable bonds is 3. The van der Waals surface area contributed by atoms with Crippen molar-refractivity contribution in [2.45, 2.75) is 31.8 Å². The molecule has 0 radical (unpaired) electrons. The molecule has 0 bridgehead atoms. The van der Waals surface area contributed by atoms with Crippen molar-refractivity contribution < 1.29 is 0 Å². The monoisotopic (exact) mass is 229 g/mol. The summed E-state index contributed by atoms with van der Waals surface area (Å²) in [5.74, 6) is 0. The number of nitrogens with two attached hydrogens (primary N) is 1. The van der Waals surface area contributed by atoms with Gasteiger partial charge in [-0.2, -0.15) is 5.26 Å². The largest absolute Gasteiger partial charge is 0.316 e. The number of nitriles is 1. The number of nitrogens with zero attached hydrogens (tertiary/aromatic N) is 2. The Labute approximate surface area is 103 Å². The Hall–Kier alpha value is -1.37. The molecule has 3 heteroatoms. The fraction of sp³-hybridized carbons (Fsp3) is 0.500. The van der Waals surface area contributed by atoms with Gasteiger partial charge in [-0.05, 0) is 36.9 Å². The number of benzene rings is 1. The molecule has 1 atom stereocenters. The van der Waals surface area contributed by atoms with Gasteiger partial charge in [0, 0.05) is 13.1 Å². The van der Waals surface area contributed by atoms with Crippen LogP contribution in [0, 0.1) is 11.3 Å². The van der Waals surface area contributed by atoms with E-state index in [0.29, 0.717) is 0 Å². The van der Waals surface area contributed by atoms with Crippen molar-refractivity contribution >= 4 is 0 Å². The maximum atomic E-state index is 8.68. The highest BCUT2D eigenvalue weighted by atomic mass is 15.1. The van der Waals surface area contributed by atoms with Gasteiger partial charge in [-0.25, -0.2) is 0 Å². The minimum absolute atomic E-state index is 0.325. The molecule has 1 aromatic rings. The van der Waals surface area contributed by atoms with Crippen molar-refractivity contribution in [3.05, 3.63) is 35.4 Å². The van der Waals surface area contributed by atoms with Crippen molar-refractivity contribution in [2.75, 3.05) is 13.1 Å². The summed E-state index contributed by atoms with van der Waals surface area (Å²) in [6.07, 6.45) is 3.12. The van der Waals surface area contributed by atoms with Crippen LogP contribution in [0.2, 0.25) is 0 Å². The Morgan fingerprint density at radius 3 is 2.88 bits per heavy atom. The first kappa shape index (κ1) is 12.1. The Bertz CT molecular complexity index is 408. The molecular weight excluding hydrogens is 210 g/mol. The second kappa shape index (κ2) is 5.81. The van der Waals surface area contributed by atoms with E-state index in [2.05, 4.69) is 35.2 Å². The van der Waals surface area contributed by atoms with Crippen molar-refractivity contribution in [1.82, 2.24) is 4.90 Å². The number of aryl methyl sites for hydroxylation is 1. The molecular formula is C14H19N3. The summed E-state index contributed by atoms with van der Waals surface area (Å²) in [5.41, 5.74) is 8.53. The van der Waals surface area contributed by atoms with Crippen LogP contribution in [0.4, 0.5) is 0 Å². The summed E-state index contributed by atoms with van der Waals surface area (Å²) in [4.78, 5) is 2.41. The van der Waals surface area contributed by atoms with E-state index in [0.717, 1.165) is 32.5 Å². The fourth-order valence-corrected chi connectivity index (χ4v) is 2.35. The average molecular weight is 229 g/mol. The molecule has 0 saturated heterocycles. The van der Waals surface area contributed by atoms with Crippen LogP contribution in [0.5, 0.6) is 0 Å². The summed E-state index contributed by atoms with van der Waals surface area (Å²) >= 11 is 0. The topological polar surface area (TPSA) is 53.1 Å². The molecule has 1 aromatic carbocycles. The van der Waals surface area contributed by atoms with E-state index in [1.807, 2.05) is 0 Å². The Morgan fingerprint density at radius 2 is 2.12 bits per heavy atom. The Kier molecular flexibility index (Phi) is 4.13. The standard InChI is InChI=1S/C14H19N3/c15-10-14(16)7-9-17-8-3-6-12-4-1-2-5-13(12)11-17/h1-2,4-5,14H,3,6-9,11,16H2. The molecule has 90 valence electrons. The first-order valence-electron chi connectivity index (χ1n) is 6.24. The zero-order chi connectivity index (χ0) is 12.1. The van der Waals surface area contributed by atoms with Crippen LogP contribution in [0.25, 0.3) is 0 Å². The summed E-state index contributed by atoms with van der Waals surface area (Å²) < 4.78 is 0. The molecule has 0 saturated carbocycles. The molecule has 1 aliphatic heterocycles. The van der Waals surface area contributed by atoms with Gasteiger partial charge in [0.05, 0.1) is 12.1 Å². The molecule has 1 unspecified atom stereocenters. The molecule has 2 N–H and O–H groups in total. The van der Waals surface area contributed by atoms with Crippen molar-refractivity contribution in [2.24, 2.45) is 5.73 Å². The predicted octanol–water partition coefficient (Wildman–Crippen LogP) is 1.68. The first-order chi connectivity index (χ1) is 8.29. The number of hydrogen-bond donors (Lipinski definition) is 1. The molecule has 17 heavy (non-hydrogen) atoms. The molecule has 0 spiro atoms. The van der Waals surface area contributed by atoms with Gasteiger partial charge in [0.25, 0.3) is 0 Å². The van der Waals surface area contributed by atoms with E-state index in [1.54, 1.807) is 0 Å². The van der Waals surface area contributed by atoms with Gasteiger partial charge in [-0.3, -0.25) is 4.90 Å². The van der Waals surface area contributed by atoms with Gasteiger partial charge in [0.1, 0.15) is 0 Å². The van der Waals surface area contributed by atoms with E-state index >= 15 is 0 Å². The smallest absolute Gasteiger partial charge is 0.0940 e. The van der Waals surface area contributed by atoms with Crippen LogP contribution in [0.3, 0.4) is 0 Å². The van der Waals surface area contributed by atoms with Gasteiger partial charge in [0.2, 0.25) is 0 Å². The third kappa shape index (κ3) is 3.29. The maximum Gasteiger partial charge on any atom is 0.0940 e. The quantitative estimate of drug-likeness (QED) is 0.858. The third-order valence-electron chi connectivity index (χ3n) is 3.35. The lowest BCUT2D eigenvalue weighted by molar-refractivity contribution is 0.263. The summed E-state index contributed by atoms with van der Waals surface area (Å²) in [7, 11) is 0. The predicted molar refractivity (Wildman–Crippen MR) is 68.2 cm³/mol. The minimum atomic E-state index is -0.325. The zero-order valence-corrected chi connectivity index (χ0v) is 10.1. The van der Waals surface area contributed by atoms with Crippen LogP contribution in [0.1, 0.15) is 24.0 Å². The van der Waals surface area contributed by atoms with Gasteiger partial charge in [-0.1, -0.05) is 24.3 Å². The highest BCUT2D eigenvalue weighted by Crippen LogP contribution is 2.18. The third-order valence-corrected chi connectivity index (χ3v) is 3.35. The van der Waals surface area contributed by atoms with E-state index in [-0.39, 0.29) is 6.04 Å². The second-order valence-electron chi connectivity index (χ2n) is 4.67. The van der Waals surface area contributed by atoms with Gasteiger partial charge >= 0.3 is 0 Å². The maximum absolute atomic E-state index is 8.68. The second-order valence-corrected chi connectivity index (χ2v) is 4.67. The zero-order valence-electron chi connectivity index (χ0n) is 10.1. The van der Waals surface area contributed by atoms with Crippen LogP contribution in [0.15, 0.2) is 24.3 Å². The minimum Gasteiger partial charge on any atom is -0.316 e. The highest BCUT2D eigenvalue weighted by Gasteiger charge is 2.14. The highest BCUT2D eigenvalue weighted by molar-refractivity contribution is 5.27. The van der Waals surface area contributed by atoms with E-state index < -0.39 is 0 Å². The number of hydrogen-bond acceptors (Lipinski definition) is 3. The van der Waals surface area contributed by atoms with Crippen molar-refractivity contribution in [3.8, 4) is 6.07 Å². The molecule has 0 amide bonds. The molecule has 2 rings (SSSR count). The van der Waals surface area contributed by atoms with Gasteiger partial charge in [0.15, 0.2) is 0 Å². The van der Waals surface area contributed by atoms with E-state index in [4.69, 9.17) is 11.0 Å². The summed E-state index contributed by atoms with van der Waals surface area (Å²) in [5, 5.41) is 8.68. The Morgan fingerprint density at radius 1 is 1.35 bits per heavy atom. The van der Waals surface area contributed by atoms with E-state index in [1.165, 1.54) is 17.5 Å².